The van der Waals surface area contributed by atoms with E-state index in [0.717, 1.165) is 0 Å². The smallest absolute Gasteiger partial charge is 0.463 e. The van der Waals surface area contributed by atoms with Crippen molar-refractivity contribution in [1.82, 2.24) is 15.5 Å². The standard InChI is InChI=1S/C19H21F3N4O5/c1-4-29-17(28)12(3)30-24-10-11(2)9-23-16(27)14-7-5-13(6-8-14)15-25-18(31-26-15)19(20,21)22/h5-8,10-12H,4,9H2,1-3H3,(H,23,27)/b24-10-/t11?,12-/m1/s1. The van der Waals surface area contributed by atoms with Crippen molar-refractivity contribution in [3.8, 4) is 11.4 Å². The van der Waals surface area contributed by atoms with Gasteiger partial charge in [-0.25, -0.2) is 4.79 Å². The molecule has 2 rings (SSSR count). The summed E-state index contributed by atoms with van der Waals surface area (Å²) in [4.78, 5) is 31.9. The summed E-state index contributed by atoms with van der Waals surface area (Å²) in [6, 6.07) is 5.68. The topological polar surface area (TPSA) is 116 Å². The number of halogens is 3. The summed E-state index contributed by atoms with van der Waals surface area (Å²) in [6.45, 7) is 5.44. The lowest BCUT2D eigenvalue weighted by Crippen LogP contribution is -2.29. The van der Waals surface area contributed by atoms with Crippen LogP contribution in [-0.2, 0) is 20.5 Å². The minimum absolute atomic E-state index is 0.197. The van der Waals surface area contributed by atoms with Gasteiger partial charge in [-0.3, -0.25) is 4.79 Å². The number of nitrogens with one attached hydrogen (secondary N) is 1. The highest BCUT2D eigenvalue weighted by Crippen LogP contribution is 2.29. The first-order valence-electron chi connectivity index (χ1n) is 9.27. The van der Waals surface area contributed by atoms with Crippen LogP contribution in [0.5, 0.6) is 0 Å². The third kappa shape index (κ3) is 7.08. The molecule has 0 aliphatic rings. The highest BCUT2D eigenvalue weighted by atomic mass is 19.4. The normalized spacial score (nSPS) is 13.6. The Balaban J connectivity index is 1.85. The Morgan fingerprint density at radius 3 is 2.52 bits per heavy atom. The van der Waals surface area contributed by atoms with Crippen molar-refractivity contribution < 1.29 is 36.9 Å². The van der Waals surface area contributed by atoms with E-state index in [9.17, 15) is 22.8 Å². The Labute approximate surface area is 175 Å². The molecule has 2 aromatic rings. The quantitative estimate of drug-likeness (QED) is 0.360. The van der Waals surface area contributed by atoms with Crippen LogP contribution in [0.2, 0.25) is 0 Å². The first-order chi connectivity index (χ1) is 14.6. The molecule has 0 bridgehead atoms. The molecule has 0 radical (unpaired) electrons. The molecule has 0 aliphatic carbocycles. The number of alkyl halides is 3. The molecule has 0 saturated carbocycles. The van der Waals surface area contributed by atoms with Crippen LogP contribution in [0, 0.1) is 5.92 Å². The van der Waals surface area contributed by atoms with Gasteiger partial charge in [0.15, 0.2) is 0 Å². The van der Waals surface area contributed by atoms with Gasteiger partial charge in [-0.2, -0.15) is 18.2 Å². The summed E-state index contributed by atoms with van der Waals surface area (Å²) < 4.78 is 46.6. The zero-order valence-electron chi connectivity index (χ0n) is 17.0. The zero-order chi connectivity index (χ0) is 23.0. The van der Waals surface area contributed by atoms with Gasteiger partial charge in [0.2, 0.25) is 11.9 Å². The van der Waals surface area contributed by atoms with E-state index in [2.05, 4.69) is 25.1 Å². The maximum absolute atomic E-state index is 12.5. The molecule has 31 heavy (non-hydrogen) atoms. The van der Waals surface area contributed by atoms with Crippen LogP contribution in [0.1, 0.15) is 37.0 Å². The summed E-state index contributed by atoms with van der Waals surface area (Å²) in [5.74, 6) is -2.80. The van der Waals surface area contributed by atoms with Gasteiger partial charge < -0.3 is 19.4 Å². The number of aromatic nitrogens is 2. The first kappa shape index (κ1) is 23.8. The van der Waals surface area contributed by atoms with Gasteiger partial charge in [0.1, 0.15) is 0 Å². The average Bonchev–Trinajstić information content (AvgIpc) is 3.23. The van der Waals surface area contributed by atoms with E-state index in [1.807, 2.05) is 0 Å². The largest absolute Gasteiger partial charge is 0.471 e. The Bertz CT molecular complexity index is 912. The van der Waals surface area contributed by atoms with Gasteiger partial charge >= 0.3 is 18.0 Å². The SMILES string of the molecule is CCOC(=O)[C@@H](C)O/N=C\C(C)CNC(=O)c1ccc(-c2noc(C(F)(F)F)n2)cc1. The van der Waals surface area contributed by atoms with E-state index < -0.39 is 30.0 Å². The molecule has 1 heterocycles. The highest BCUT2D eigenvalue weighted by Gasteiger charge is 2.38. The second kappa shape index (κ2) is 10.5. The molecular formula is C19H21F3N4O5. The lowest BCUT2D eigenvalue weighted by atomic mass is 10.1. The summed E-state index contributed by atoms with van der Waals surface area (Å²) in [5, 5.41) is 9.68. The van der Waals surface area contributed by atoms with Crippen LogP contribution in [-0.4, -0.2) is 47.5 Å². The van der Waals surface area contributed by atoms with E-state index in [-0.39, 0.29) is 30.5 Å². The molecule has 0 aliphatic heterocycles. The third-order valence-corrected chi connectivity index (χ3v) is 3.81. The molecule has 1 aromatic carbocycles. The summed E-state index contributed by atoms with van der Waals surface area (Å²) in [6.07, 6.45) is -4.14. The van der Waals surface area contributed by atoms with Crippen molar-refractivity contribution in [2.75, 3.05) is 13.2 Å². The molecule has 12 heteroatoms. The third-order valence-electron chi connectivity index (χ3n) is 3.81. The fraction of sp³-hybridized carbons (Fsp3) is 0.421. The van der Waals surface area contributed by atoms with E-state index in [4.69, 9.17) is 9.57 Å². The molecule has 1 N–H and O–H groups in total. The predicted octanol–water partition coefficient (Wildman–Crippen LogP) is 3.08. The van der Waals surface area contributed by atoms with Crippen molar-refractivity contribution in [3.05, 3.63) is 35.7 Å². The molecule has 1 unspecified atom stereocenters. The van der Waals surface area contributed by atoms with Crippen LogP contribution in [0.4, 0.5) is 13.2 Å². The molecule has 2 atom stereocenters. The van der Waals surface area contributed by atoms with Crippen LogP contribution in [0.3, 0.4) is 0 Å². The van der Waals surface area contributed by atoms with Crippen LogP contribution in [0.15, 0.2) is 33.9 Å². The van der Waals surface area contributed by atoms with Gasteiger partial charge in [-0.1, -0.05) is 29.4 Å². The molecule has 9 nitrogen and oxygen atoms in total. The molecule has 0 spiro atoms. The number of hydrogen-bond acceptors (Lipinski definition) is 8. The molecule has 1 amide bonds. The lowest BCUT2D eigenvalue weighted by molar-refractivity contribution is -0.159. The molecule has 0 saturated heterocycles. The Hall–Kier alpha value is -3.44. The zero-order valence-corrected chi connectivity index (χ0v) is 17.0. The van der Waals surface area contributed by atoms with Crippen molar-refractivity contribution in [2.45, 2.75) is 33.1 Å². The number of benzene rings is 1. The van der Waals surface area contributed by atoms with Crippen LogP contribution in [0.25, 0.3) is 11.4 Å². The van der Waals surface area contributed by atoms with Gasteiger partial charge in [0.25, 0.3) is 5.91 Å². The fourth-order valence-corrected chi connectivity index (χ4v) is 2.17. The highest BCUT2D eigenvalue weighted by molar-refractivity contribution is 5.94. The number of nitrogens with zero attached hydrogens (tertiary/aromatic N) is 3. The number of amides is 1. The average molecular weight is 442 g/mol. The lowest BCUT2D eigenvalue weighted by Gasteiger charge is -2.10. The van der Waals surface area contributed by atoms with Crippen LogP contribution < -0.4 is 5.32 Å². The minimum Gasteiger partial charge on any atom is -0.463 e. The van der Waals surface area contributed by atoms with Crippen molar-refractivity contribution in [1.29, 1.82) is 0 Å². The maximum Gasteiger partial charge on any atom is 0.471 e. The summed E-state index contributed by atoms with van der Waals surface area (Å²) in [7, 11) is 0. The Morgan fingerprint density at radius 2 is 1.94 bits per heavy atom. The second-order valence-electron chi connectivity index (χ2n) is 6.44. The molecular weight excluding hydrogens is 421 g/mol. The number of ether oxygens (including phenoxy) is 1. The number of carbonyl (C=O) groups is 2. The van der Waals surface area contributed by atoms with E-state index in [0.29, 0.717) is 5.56 Å². The number of esters is 1. The Kier molecular flexibility index (Phi) is 8.11. The second-order valence-corrected chi connectivity index (χ2v) is 6.44. The van der Waals surface area contributed by atoms with Crippen LogP contribution >= 0.6 is 0 Å². The molecule has 1 aromatic heterocycles. The van der Waals surface area contributed by atoms with Gasteiger partial charge in [-0.15, -0.1) is 0 Å². The Morgan fingerprint density at radius 1 is 1.26 bits per heavy atom. The molecule has 168 valence electrons. The van der Waals surface area contributed by atoms with Gasteiger partial charge in [-0.05, 0) is 26.0 Å². The maximum atomic E-state index is 12.5. The summed E-state index contributed by atoms with van der Waals surface area (Å²) in [5.41, 5.74) is 0.559. The first-order valence-corrected chi connectivity index (χ1v) is 9.27. The minimum atomic E-state index is -4.73. The number of carbonyl (C=O) groups excluding carboxylic acids is 2. The van der Waals surface area contributed by atoms with Crippen molar-refractivity contribution >= 4 is 18.1 Å². The van der Waals surface area contributed by atoms with Gasteiger partial charge in [0.05, 0.1) is 6.61 Å². The predicted molar refractivity (Wildman–Crippen MR) is 102 cm³/mol. The van der Waals surface area contributed by atoms with E-state index >= 15 is 0 Å². The van der Waals surface area contributed by atoms with Crippen molar-refractivity contribution in [2.24, 2.45) is 11.1 Å². The summed E-state index contributed by atoms with van der Waals surface area (Å²) >= 11 is 0. The van der Waals surface area contributed by atoms with Gasteiger partial charge in [0, 0.05) is 29.8 Å². The number of rotatable bonds is 9. The monoisotopic (exact) mass is 442 g/mol. The number of hydrogen-bond donors (Lipinski definition) is 1. The molecule has 0 fully saturated rings. The van der Waals surface area contributed by atoms with Crippen molar-refractivity contribution in [3.63, 3.8) is 0 Å². The van der Waals surface area contributed by atoms with E-state index in [1.165, 1.54) is 37.4 Å². The fourth-order valence-electron chi connectivity index (χ4n) is 2.17. The number of oxime groups is 1. The van der Waals surface area contributed by atoms with E-state index in [1.54, 1.807) is 13.8 Å².